The summed E-state index contributed by atoms with van der Waals surface area (Å²) in [7, 11) is 1.65. The van der Waals surface area contributed by atoms with Gasteiger partial charge in [0.05, 0.1) is 6.61 Å². The molecule has 0 unspecified atom stereocenters. The zero-order chi connectivity index (χ0) is 13.5. The molecule has 0 aromatic heterocycles. The summed E-state index contributed by atoms with van der Waals surface area (Å²) in [5, 5.41) is 2.50. The van der Waals surface area contributed by atoms with Gasteiger partial charge in [-0.15, -0.1) is 0 Å². The second kappa shape index (κ2) is 6.64. The molecule has 5 heteroatoms. The first kappa shape index (κ1) is 14.0. The van der Waals surface area contributed by atoms with Gasteiger partial charge in [0.15, 0.2) is 0 Å². The van der Waals surface area contributed by atoms with Crippen molar-refractivity contribution < 1.29 is 14.3 Å². The third-order valence-electron chi connectivity index (χ3n) is 2.38. The Balaban J connectivity index is 2.54. The fourth-order valence-electron chi connectivity index (χ4n) is 1.43. The molecule has 0 aliphatic carbocycles. The number of esters is 1. The minimum absolute atomic E-state index is 0.122. The lowest BCUT2D eigenvalue weighted by Gasteiger charge is -2.18. The Morgan fingerprint density at radius 1 is 1.39 bits per heavy atom. The standard InChI is InChI=1S/C13H18N2O3/c1-4-18-12(16)9-14-13(17)15(3)11-7-5-6-10(2)8-11/h5-8H,4,9H2,1-3H3,(H,14,17). The number of aryl methyl sites for hydroxylation is 1. The minimum Gasteiger partial charge on any atom is -0.465 e. The molecular formula is C13H18N2O3. The molecule has 0 saturated heterocycles. The van der Waals surface area contributed by atoms with Gasteiger partial charge < -0.3 is 10.1 Å². The van der Waals surface area contributed by atoms with Gasteiger partial charge in [-0.3, -0.25) is 9.69 Å². The molecule has 18 heavy (non-hydrogen) atoms. The lowest BCUT2D eigenvalue weighted by Crippen LogP contribution is -2.40. The SMILES string of the molecule is CCOC(=O)CNC(=O)N(C)c1cccc(C)c1. The van der Waals surface area contributed by atoms with Crippen molar-refractivity contribution in [2.75, 3.05) is 25.1 Å². The molecule has 1 aromatic rings. The number of carbonyl (C=O) groups excluding carboxylic acids is 2. The third-order valence-corrected chi connectivity index (χ3v) is 2.38. The molecule has 0 radical (unpaired) electrons. The van der Waals surface area contributed by atoms with Gasteiger partial charge in [-0.05, 0) is 31.5 Å². The average molecular weight is 250 g/mol. The number of benzene rings is 1. The van der Waals surface area contributed by atoms with Gasteiger partial charge in [-0.1, -0.05) is 12.1 Å². The predicted octanol–water partition coefficient (Wildman–Crippen LogP) is 1.70. The van der Waals surface area contributed by atoms with E-state index in [0.717, 1.165) is 11.3 Å². The second-order valence-corrected chi connectivity index (χ2v) is 3.86. The van der Waals surface area contributed by atoms with E-state index in [1.807, 2.05) is 31.2 Å². The topological polar surface area (TPSA) is 58.6 Å². The Kier molecular flexibility index (Phi) is 5.17. The number of nitrogens with one attached hydrogen (secondary N) is 1. The smallest absolute Gasteiger partial charge is 0.325 e. The Hall–Kier alpha value is -2.04. The average Bonchev–Trinajstić information content (AvgIpc) is 2.35. The Bertz CT molecular complexity index is 432. The van der Waals surface area contributed by atoms with E-state index in [1.165, 1.54) is 4.90 Å². The van der Waals surface area contributed by atoms with Crippen molar-refractivity contribution in [3.63, 3.8) is 0 Å². The first-order valence-corrected chi connectivity index (χ1v) is 5.78. The monoisotopic (exact) mass is 250 g/mol. The quantitative estimate of drug-likeness (QED) is 0.827. The zero-order valence-electron chi connectivity index (χ0n) is 10.9. The van der Waals surface area contributed by atoms with Crippen LogP contribution in [-0.4, -0.2) is 32.2 Å². The van der Waals surface area contributed by atoms with Crippen molar-refractivity contribution in [2.24, 2.45) is 0 Å². The van der Waals surface area contributed by atoms with Gasteiger partial charge in [0.25, 0.3) is 0 Å². The van der Waals surface area contributed by atoms with E-state index in [4.69, 9.17) is 4.74 Å². The van der Waals surface area contributed by atoms with Crippen molar-refractivity contribution in [2.45, 2.75) is 13.8 Å². The number of anilines is 1. The lowest BCUT2D eigenvalue weighted by molar-refractivity contribution is -0.141. The predicted molar refractivity (Wildman–Crippen MR) is 69.6 cm³/mol. The normalized spacial score (nSPS) is 9.72. The molecule has 0 saturated carbocycles. The van der Waals surface area contributed by atoms with Gasteiger partial charge >= 0.3 is 12.0 Å². The maximum absolute atomic E-state index is 11.8. The molecule has 5 nitrogen and oxygen atoms in total. The molecule has 0 fully saturated rings. The molecule has 98 valence electrons. The van der Waals surface area contributed by atoms with E-state index >= 15 is 0 Å². The first-order valence-electron chi connectivity index (χ1n) is 5.78. The molecule has 0 aliphatic rings. The number of hydrogen-bond donors (Lipinski definition) is 1. The van der Waals surface area contributed by atoms with Gasteiger partial charge in [0.1, 0.15) is 6.54 Å². The third kappa shape index (κ3) is 4.08. The Labute approximate surface area is 107 Å². The van der Waals surface area contributed by atoms with Gasteiger partial charge in [-0.25, -0.2) is 4.79 Å². The van der Waals surface area contributed by atoms with E-state index in [2.05, 4.69) is 5.32 Å². The molecule has 0 heterocycles. The summed E-state index contributed by atoms with van der Waals surface area (Å²) in [6.07, 6.45) is 0. The fourth-order valence-corrected chi connectivity index (χ4v) is 1.43. The number of rotatable bonds is 4. The van der Waals surface area contributed by atoms with E-state index < -0.39 is 5.97 Å². The van der Waals surface area contributed by atoms with Crippen LogP contribution in [0.5, 0.6) is 0 Å². The summed E-state index contributed by atoms with van der Waals surface area (Å²) in [4.78, 5) is 24.3. The molecule has 2 amide bonds. The number of ether oxygens (including phenoxy) is 1. The van der Waals surface area contributed by atoms with Crippen LogP contribution in [0.3, 0.4) is 0 Å². The summed E-state index contributed by atoms with van der Waals surface area (Å²) >= 11 is 0. The van der Waals surface area contributed by atoms with Crippen LogP contribution in [0.25, 0.3) is 0 Å². The Morgan fingerprint density at radius 2 is 2.11 bits per heavy atom. The van der Waals surface area contributed by atoms with Crippen molar-refractivity contribution in [3.8, 4) is 0 Å². The van der Waals surface area contributed by atoms with Crippen LogP contribution in [0, 0.1) is 6.92 Å². The first-order chi connectivity index (χ1) is 8.54. The molecular weight excluding hydrogens is 232 g/mol. The van der Waals surface area contributed by atoms with Gasteiger partial charge in [0, 0.05) is 12.7 Å². The summed E-state index contributed by atoms with van der Waals surface area (Å²) < 4.78 is 4.72. The number of carbonyl (C=O) groups is 2. The molecule has 1 aromatic carbocycles. The van der Waals surface area contributed by atoms with E-state index in [1.54, 1.807) is 14.0 Å². The van der Waals surface area contributed by atoms with Crippen molar-refractivity contribution in [3.05, 3.63) is 29.8 Å². The molecule has 1 rings (SSSR count). The number of nitrogens with zero attached hydrogens (tertiary/aromatic N) is 1. The highest BCUT2D eigenvalue weighted by atomic mass is 16.5. The van der Waals surface area contributed by atoms with Crippen LogP contribution < -0.4 is 10.2 Å². The maximum Gasteiger partial charge on any atom is 0.325 e. The zero-order valence-corrected chi connectivity index (χ0v) is 10.9. The van der Waals surface area contributed by atoms with Crippen LogP contribution in [0.15, 0.2) is 24.3 Å². The minimum atomic E-state index is -0.441. The molecule has 0 atom stereocenters. The lowest BCUT2D eigenvalue weighted by atomic mass is 10.2. The number of hydrogen-bond acceptors (Lipinski definition) is 3. The highest BCUT2D eigenvalue weighted by molar-refractivity contribution is 5.93. The van der Waals surface area contributed by atoms with Crippen LogP contribution in [0.2, 0.25) is 0 Å². The summed E-state index contributed by atoms with van der Waals surface area (Å²) in [6, 6.07) is 7.21. The van der Waals surface area contributed by atoms with Crippen LogP contribution in [0.1, 0.15) is 12.5 Å². The molecule has 0 aliphatic heterocycles. The molecule has 1 N–H and O–H groups in total. The fraction of sp³-hybridized carbons (Fsp3) is 0.385. The highest BCUT2D eigenvalue weighted by Crippen LogP contribution is 2.13. The Morgan fingerprint density at radius 3 is 2.72 bits per heavy atom. The van der Waals surface area contributed by atoms with Crippen LogP contribution in [0.4, 0.5) is 10.5 Å². The molecule has 0 spiro atoms. The van der Waals surface area contributed by atoms with E-state index in [9.17, 15) is 9.59 Å². The van der Waals surface area contributed by atoms with Crippen molar-refractivity contribution in [1.29, 1.82) is 0 Å². The van der Waals surface area contributed by atoms with Crippen LogP contribution in [-0.2, 0) is 9.53 Å². The number of amides is 2. The maximum atomic E-state index is 11.8. The van der Waals surface area contributed by atoms with Crippen molar-refractivity contribution >= 4 is 17.7 Å². The van der Waals surface area contributed by atoms with Crippen LogP contribution >= 0.6 is 0 Å². The summed E-state index contributed by atoms with van der Waals surface area (Å²) in [5.74, 6) is -0.441. The summed E-state index contributed by atoms with van der Waals surface area (Å²) in [6.45, 7) is 3.86. The second-order valence-electron chi connectivity index (χ2n) is 3.86. The number of urea groups is 1. The summed E-state index contributed by atoms with van der Waals surface area (Å²) in [5.41, 5.74) is 1.84. The van der Waals surface area contributed by atoms with Crippen molar-refractivity contribution in [1.82, 2.24) is 5.32 Å². The highest BCUT2D eigenvalue weighted by Gasteiger charge is 2.12. The van der Waals surface area contributed by atoms with Gasteiger partial charge in [-0.2, -0.15) is 0 Å². The van der Waals surface area contributed by atoms with Gasteiger partial charge in [0.2, 0.25) is 0 Å². The largest absolute Gasteiger partial charge is 0.465 e. The van der Waals surface area contributed by atoms with E-state index in [-0.39, 0.29) is 12.6 Å². The molecule has 0 bridgehead atoms. The van der Waals surface area contributed by atoms with E-state index in [0.29, 0.717) is 6.61 Å².